The zero-order chi connectivity index (χ0) is 12.5. The van der Waals surface area contributed by atoms with E-state index in [-0.39, 0.29) is 4.60 Å². The minimum Gasteiger partial charge on any atom is -0.247 e. The molecule has 0 aliphatic rings. The average molecular weight is 332 g/mol. The average Bonchev–Trinajstić information content (AvgIpc) is 2.15. The van der Waals surface area contributed by atoms with Crippen LogP contribution in [-0.2, 0) is 9.05 Å². The maximum Gasteiger partial charge on any atom is 0.266 e. The van der Waals surface area contributed by atoms with Gasteiger partial charge >= 0.3 is 0 Å². The lowest BCUT2D eigenvalue weighted by Crippen LogP contribution is -2.04. The summed E-state index contributed by atoms with van der Waals surface area (Å²) in [7, 11) is 0.559. The standard InChI is InChI=1S/C7H2BrClF2N2O2S/c8-6-3(1-12)5(16(9,14)15)4(2-13-6)7(10)11/h2,7H. The second-order valence-electron chi connectivity index (χ2n) is 2.56. The second kappa shape index (κ2) is 4.61. The summed E-state index contributed by atoms with van der Waals surface area (Å²) in [5, 5.41) is 8.68. The normalized spacial score (nSPS) is 11.5. The summed E-state index contributed by atoms with van der Waals surface area (Å²) in [6.45, 7) is 0. The van der Waals surface area contributed by atoms with Crippen molar-refractivity contribution in [3.05, 3.63) is 21.9 Å². The van der Waals surface area contributed by atoms with Crippen LogP contribution < -0.4 is 0 Å². The molecule has 0 aliphatic carbocycles. The van der Waals surface area contributed by atoms with E-state index in [1.54, 1.807) is 0 Å². The molecular weight excluding hydrogens is 330 g/mol. The molecular formula is C7H2BrClF2N2O2S. The van der Waals surface area contributed by atoms with Gasteiger partial charge in [-0.3, -0.25) is 0 Å². The molecule has 0 unspecified atom stereocenters. The molecule has 0 aliphatic heterocycles. The van der Waals surface area contributed by atoms with Crippen LogP contribution in [0, 0.1) is 11.3 Å². The van der Waals surface area contributed by atoms with E-state index in [0.717, 1.165) is 0 Å². The van der Waals surface area contributed by atoms with Gasteiger partial charge in [0.2, 0.25) is 0 Å². The van der Waals surface area contributed by atoms with Gasteiger partial charge in [0.25, 0.3) is 15.5 Å². The third-order valence-electron chi connectivity index (χ3n) is 1.60. The largest absolute Gasteiger partial charge is 0.266 e. The van der Waals surface area contributed by atoms with Gasteiger partial charge < -0.3 is 0 Å². The van der Waals surface area contributed by atoms with E-state index in [2.05, 4.69) is 20.9 Å². The molecule has 0 amide bonds. The molecule has 1 rings (SSSR count). The van der Waals surface area contributed by atoms with Crippen molar-refractivity contribution in [3.63, 3.8) is 0 Å². The zero-order valence-corrected chi connectivity index (χ0v) is 10.4. The number of nitrogens with zero attached hydrogens (tertiary/aromatic N) is 2. The van der Waals surface area contributed by atoms with E-state index in [9.17, 15) is 17.2 Å². The Bertz CT molecular complexity index is 570. The van der Waals surface area contributed by atoms with E-state index in [0.29, 0.717) is 6.20 Å². The number of hydrogen-bond acceptors (Lipinski definition) is 4. The fourth-order valence-corrected chi connectivity index (χ4v) is 2.83. The maximum absolute atomic E-state index is 12.5. The molecule has 0 fully saturated rings. The van der Waals surface area contributed by atoms with Gasteiger partial charge in [-0.1, -0.05) is 0 Å². The highest BCUT2D eigenvalue weighted by molar-refractivity contribution is 9.10. The molecule has 0 saturated carbocycles. The van der Waals surface area contributed by atoms with Crippen LogP contribution in [-0.4, -0.2) is 13.4 Å². The molecule has 16 heavy (non-hydrogen) atoms. The molecule has 4 nitrogen and oxygen atoms in total. The Balaban J connectivity index is 3.77. The first-order valence-corrected chi connectivity index (χ1v) is 6.70. The summed E-state index contributed by atoms with van der Waals surface area (Å²) in [5.41, 5.74) is -1.43. The first kappa shape index (κ1) is 13.3. The molecule has 1 aromatic rings. The third-order valence-corrected chi connectivity index (χ3v) is 3.59. The van der Waals surface area contributed by atoms with Crippen LogP contribution in [0.5, 0.6) is 0 Å². The molecule has 9 heteroatoms. The summed E-state index contributed by atoms with van der Waals surface area (Å²) in [4.78, 5) is 2.53. The Hall–Kier alpha value is -0.780. The van der Waals surface area contributed by atoms with E-state index in [1.807, 2.05) is 0 Å². The van der Waals surface area contributed by atoms with Gasteiger partial charge in [-0.2, -0.15) is 5.26 Å². The number of nitriles is 1. The first-order valence-electron chi connectivity index (χ1n) is 3.60. The highest BCUT2D eigenvalue weighted by Gasteiger charge is 2.28. The molecule has 1 aromatic heterocycles. The monoisotopic (exact) mass is 330 g/mol. The molecule has 0 bridgehead atoms. The van der Waals surface area contributed by atoms with Gasteiger partial charge in [0.1, 0.15) is 21.1 Å². The molecule has 0 spiro atoms. The van der Waals surface area contributed by atoms with Crippen molar-refractivity contribution in [2.45, 2.75) is 11.3 Å². The SMILES string of the molecule is N#Cc1c(Br)ncc(C(F)F)c1S(=O)(=O)Cl. The van der Waals surface area contributed by atoms with Crippen LogP contribution >= 0.6 is 26.6 Å². The summed E-state index contributed by atoms with van der Waals surface area (Å²) in [6.07, 6.45) is -2.43. The van der Waals surface area contributed by atoms with Crippen molar-refractivity contribution >= 4 is 35.7 Å². The molecule has 0 aromatic carbocycles. The smallest absolute Gasteiger partial charge is 0.247 e. The Morgan fingerprint density at radius 2 is 2.12 bits per heavy atom. The fraction of sp³-hybridized carbons (Fsp3) is 0.143. The molecule has 86 valence electrons. The van der Waals surface area contributed by atoms with Crippen LogP contribution in [0.1, 0.15) is 17.6 Å². The van der Waals surface area contributed by atoms with E-state index >= 15 is 0 Å². The predicted octanol–water partition coefficient (Wildman–Crippen LogP) is 2.58. The van der Waals surface area contributed by atoms with Crippen LogP contribution in [0.2, 0.25) is 0 Å². The quantitative estimate of drug-likeness (QED) is 0.617. The molecule has 0 saturated heterocycles. The topological polar surface area (TPSA) is 70.8 Å². The van der Waals surface area contributed by atoms with Crippen LogP contribution in [0.25, 0.3) is 0 Å². The van der Waals surface area contributed by atoms with Gasteiger partial charge in [0.15, 0.2) is 0 Å². The zero-order valence-electron chi connectivity index (χ0n) is 7.29. The molecule has 0 N–H and O–H groups in total. The second-order valence-corrected chi connectivity index (χ2v) is 5.81. The predicted molar refractivity (Wildman–Crippen MR) is 54.6 cm³/mol. The van der Waals surface area contributed by atoms with Crippen molar-refractivity contribution in [1.82, 2.24) is 4.98 Å². The van der Waals surface area contributed by atoms with Gasteiger partial charge in [0, 0.05) is 16.9 Å². The summed E-state index contributed by atoms with van der Waals surface area (Å²) >= 11 is 2.78. The summed E-state index contributed by atoms with van der Waals surface area (Å²) in [6, 6.07) is 1.46. The summed E-state index contributed by atoms with van der Waals surface area (Å²) in [5.74, 6) is 0. The lowest BCUT2D eigenvalue weighted by molar-refractivity contribution is 0.147. The first-order chi connectivity index (χ1) is 7.29. The van der Waals surface area contributed by atoms with E-state index < -0.39 is 31.5 Å². The Kier molecular flexibility index (Phi) is 3.83. The Morgan fingerprint density at radius 3 is 2.50 bits per heavy atom. The van der Waals surface area contributed by atoms with E-state index in [1.165, 1.54) is 6.07 Å². The molecule has 0 radical (unpaired) electrons. The van der Waals surface area contributed by atoms with Gasteiger partial charge in [-0.25, -0.2) is 22.2 Å². The Morgan fingerprint density at radius 1 is 1.56 bits per heavy atom. The highest BCUT2D eigenvalue weighted by Crippen LogP contribution is 2.33. The van der Waals surface area contributed by atoms with Gasteiger partial charge in [-0.15, -0.1) is 0 Å². The number of hydrogen-bond donors (Lipinski definition) is 0. The van der Waals surface area contributed by atoms with Crippen LogP contribution in [0.3, 0.4) is 0 Å². The minimum absolute atomic E-state index is 0.154. The number of alkyl halides is 2. The molecule has 1 heterocycles. The molecule has 0 atom stereocenters. The van der Waals surface area contributed by atoms with Crippen molar-refractivity contribution in [1.29, 1.82) is 5.26 Å². The van der Waals surface area contributed by atoms with Crippen molar-refractivity contribution in [2.75, 3.05) is 0 Å². The van der Waals surface area contributed by atoms with Gasteiger partial charge in [0.05, 0.1) is 5.56 Å². The van der Waals surface area contributed by atoms with Crippen molar-refractivity contribution in [3.8, 4) is 6.07 Å². The maximum atomic E-state index is 12.5. The number of halogens is 4. The lowest BCUT2D eigenvalue weighted by Gasteiger charge is -2.07. The minimum atomic E-state index is -4.44. The lowest BCUT2D eigenvalue weighted by atomic mass is 10.2. The third kappa shape index (κ3) is 2.48. The Labute approximate surface area is 102 Å². The number of pyridine rings is 1. The highest BCUT2D eigenvalue weighted by atomic mass is 79.9. The van der Waals surface area contributed by atoms with E-state index in [4.69, 9.17) is 15.9 Å². The fourth-order valence-electron chi connectivity index (χ4n) is 1.00. The van der Waals surface area contributed by atoms with Crippen LogP contribution in [0.4, 0.5) is 8.78 Å². The summed E-state index contributed by atoms with van der Waals surface area (Å²) < 4.78 is 47.1. The van der Waals surface area contributed by atoms with Crippen molar-refractivity contribution in [2.24, 2.45) is 0 Å². The number of rotatable bonds is 2. The van der Waals surface area contributed by atoms with Gasteiger partial charge in [-0.05, 0) is 15.9 Å². The number of aromatic nitrogens is 1. The van der Waals surface area contributed by atoms with Crippen LogP contribution in [0.15, 0.2) is 15.7 Å². The van der Waals surface area contributed by atoms with Crippen molar-refractivity contribution < 1.29 is 17.2 Å².